The molecule has 0 saturated heterocycles. The maximum absolute atomic E-state index is 12.9. The molecule has 2 aromatic rings. The average molecular weight is 260 g/mol. The van der Waals surface area contributed by atoms with Crippen LogP contribution in [0.4, 0.5) is 15.8 Å². The summed E-state index contributed by atoms with van der Waals surface area (Å²) in [5.41, 5.74) is 6.54. The van der Waals surface area contributed by atoms with E-state index < -0.39 is 5.82 Å². The van der Waals surface area contributed by atoms with E-state index in [1.54, 1.807) is 24.3 Å². The van der Waals surface area contributed by atoms with Crippen LogP contribution < -0.4 is 15.8 Å². The molecule has 0 unspecified atom stereocenters. The van der Waals surface area contributed by atoms with Gasteiger partial charge in [0, 0.05) is 0 Å². The molecule has 1 amide bonds. The highest BCUT2D eigenvalue weighted by Crippen LogP contribution is 2.22. The summed E-state index contributed by atoms with van der Waals surface area (Å²) in [5.74, 6) is -0.357. The average Bonchev–Trinajstić information content (AvgIpc) is 2.41. The second-order valence-corrected chi connectivity index (χ2v) is 3.89. The number of anilines is 2. The van der Waals surface area contributed by atoms with Crippen LogP contribution in [0.3, 0.4) is 0 Å². The zero-order valence-corrected chi connectivity index (χ0v) is 10.3. The Morgan fingerprint density at radius 2 is 2.00 bits per heavy atom. The van der Waals surface area contributed by atoms with Crippen LogP contribution in [-0.2, 0) is 0 Å². The molecule has 2 rings (SSSR count). The molecule has 3 N–H and O–H groups in total. The van der Waals surface area contributed by atoms with Crippen molar-refractivity contribution in [3.05, 3.63) is 53.8 Å². The van der Waals surface area contributed by atoms with Gasteiger partial charge in [-0.25, -0.2) is 4.39 Å². The highest BCUT2D eigenvalue weighted by atomic mass is 19.1. The lowest BCUT2D eigenvalue weighted by Crippen LogP contribution is -2.14. The summed E-state index contributed by atoms with van der Waals surface area (Å²) in [6, 6.07) is 10.6. The predicted molar refractivity (Wildman–Crippen MR) is 71.8 cm³/mol. The maximum atomic E-state index is 12.9. The monoisotopic (exact) mass is 260 g/mol. The Bertz CT molecular complexity index is 614. The molecule has 0 aliphatic heterocycles. The van der Waals surface area contributed by atoms with Gasteiger partial charge in [0.05, 0.1) is 24.0 Å². The summed E-state index contributed by atoms with van der Waals surface area (Å²) in [6.45, 7) is 0. The number of nitrogen functional groups attached to an aromatic ring is 1. The van der Waals surface area contributed by atoms with Gasteiger partial charge < -0.3 is 15.8 Å². The number of para-hydroxylation sites is 1. The van der Waals surface area contributed by atoms with Crippen LogP contribution in [0.5, 0.6) is 5.75 Å². The first-order valence-corrected chi connectivity index (χ1v) is 5.61. The van der Waals surface area contributed by atoms with Crippen molar-refractivity contribution in [2.24, 2.45) is 0 Å². The van der Waals surface area contributed by atoms with Crippen molar-refractivity contribution in [2.75, 3.05) is 18.2 Å². The van der Waals surface area contributed by atoms with Crippen molar-refractivity contribution in [2.45, 2.75) is 0 Å². The van der Waals surface area contributed by atoms with Gasteiger partial charge >= 0.3 is 0 Å². The largest absolute Gasteiger partial charge is 0.496 e. The third-order valence-electron chi connectivity index (χ3n) is 2.61. The fourth-order valence-corrected chi connectivity index (χ4v) is 1.67. The van der Waals surface area contributed by atoms with Crippen molar-refractivity contribution in [1.29, 1.82) is 0 Å². The number of amides is 1. The maximum Gasteiger partial charge on any atom is 0.259 e. The van der Waals surface area contributed by atoms with Crippen LogP contribution in [0.1, 0.15) is 10.4 Å². The molecule has 0 radical (unpaired) electrons. The molecular formula is C14H13FN2O2. The summed E-state index contributed by atoms with van der Waals surface area (Å²) in [4.78, 5) is 12.1. The second-order valence-electron chi connectivity index (χ2n) is 3.89. The quantitative estimate of drug-likeness (QED) is 0.834. The molecule has 4 nitrogen and oxygen atoms in total. The second kappa shape index (κ2) is 5.39. The number of nitrogens with two attached hydrogens (primary N) is 1. The van der Waals surface area contributed by atoms with E-state index in [0.29, 0.717) is 17.0 Å². The molecule has 0 aliphatic rings. The summed E-state index contributed by atoms with van der Waals surface area (Å²) < 4.78 is 18.0. The molecule has 0 bridgehead atoms. The molecule has 0 fully saturated rings. The van der Waals surface area contributed by atoms with Crippen LogP contribution in [0.25, 0.3) is 0 Å². The molecule has 0 atom stereocenters. The van der Waals surface area contributed by atoms with Gasteiger partial charge in [0.25, 0.3) is 5.91 Å². The standard InChI is InChI=1S/C14H13FN2O2/c1-19-13-5-3-2-4-10(13)14(18)17-12-7-6-9(15)8-11(12)16/h2-8H,16H2,1H3,(H,17,18). The first-order valence-electron chi connectivity index (χ1n) is 5.61. The van der Waals surface area contributed by atoms with Gasteiger partial charge in [-0.05, 0) is 30.3 Å². The van der Waals surface area contributed by atoms with Crippen molar-refractivity contribution >= 4 is 17.3 Å². The third kappa shape index (κ3) is 2.82. The Hall–Kier alpha value is -2.56. The molecular weight excluding hydrogens is 247 g/mol. The van der Waals surface area contributed by atoms with E-state index in [-0.39, 0.29) is 11.6 Å². The van der Waals surface area contributed by atoms with E-state index in [4.69, 9.17) is 10.5 Å². The van der Waals surface area contributed by atoms with Gasteiger partial charge in [-0.2, -0.15) is 0 Å². The Morgan fingerprint density at radius 1 is 1.26 bits per heavy atom. The van der Waals surface area contributed by atoms with Crippen molar-refractivity contribution in [3.63, 3.8) is 0 Å². The van der Waals surface area contributed by atoms with Crippen LogP contribution in [0.15, 0.2) is 42.5 Å². The highest BCUT2D eigenvalue weighted by Gasteiger charge is 2.12. The van der Waals surface area contributed by atoms with Gasteiger partial charge in [0.15, 0.2) is 0 Å². The van der Waals surface area contributed by atoms with Crippen LogP contribution in [0.2, 0.25) is 0 Å². The molecule has 0 aromatic heterocycles. The number of carbonyl (C=O) groups is 1. The summed E-state index contributed by atoms with van der Waals surface area (Å²) in [5, 5.41) is 2.62. The number of halogens is 1. The lowest BCUT2D eigenvalue weighted by atomic mass is 10.1. The van der Waals surface area contributed by atoms with Gasteiger partial charge in [-0.1, -0.05) is 12.1 Å². The zero-order chi connectivity index (χ0) is 13.8. The number of rotatable bonds is 3. The molecule has 5 heteroatoms. The van der Waals surface area contributed by atoms with Crippen LogP contribution in [-0.4, -0.2) is 13.0 Å². The molecule has 98 valence electrons. The molecule has 0 aliphatic carbocycles. The van der Waals surface area contributed by atoms with Gasteiger partial charge in [-0.3, -0.25) is 4.79 Å². The van der Waals surface area contributed by atoms with Gasteiger partial charge in [0.1, 0.15) is 11.6 Å². The van der Waals surface area contributed by atoms with E-state index in [2.05, 4.69) is 5.32 Å². The van der Waals surface area contributed by atoms with Gasteiger partial charge in [-0.15, -0.1) is 0 Å². The molecule has 2 aromatic carbocycles. The number of carbonyl (C=O) groups excluding carboxylic acids is 1. The van der Waals surface area contributed by atoms with Crippen molar-refractivity contribution in [1.82, 2.24) is 0 Å². The topological polar surface area (TPSA) is 64.3 Å². The van der Waals surface area contributed by atoms with Crippen molar-refractivity contribution in [3.8, 4) is 5.75 Å². The Morgan fingerprint density at radius 3 is 2.68 bits per heavy atom. The first kappa shape index (κ1) is 12.9. The van der Waals surface area contributed by atoms with Crippen LogP contribution in [0, 0.1) is 5.82 Å². The Kier molecular flexibility index (Phi) is 3.66. The predicted octanol–water partition coefficient (Wildman–Crippen LogP) is 2.67. The van der Waals surface area contributed by atoms with Gasteiger partial charge in [0.2, 0.25) is 0 Å². The van der Waals surface area contributed by atoms with E-state index in [0.717, 1.165) is 6.07 Å². The Labute approximate surface area is 110 Å². The molecule has 19 heavy (non-hydrogen) atoms. The third-order valence-corrected chi connectivity index (χ3v) is 2.61. The fraction of sp³-hybridized carbons (Fsp3) is 0.0714. The van der Waals surface area contributed by atoms with E-state index in [1.807, 2.05) is 0 Å². The molecule has 0 spiro atoms. The summed E-state index contributed by atoms with van der Waals surface area (Å²) in [7, 11) is 1.48. The minimum absolute atomic E-state index is 0.170. The lowest BCUT2D eigenvalue weighted by Gasteiger charge is -2.10. The Balaban J connectivity index is 2.26. The number of hydrogen-bond acceptors (Lipinski definition) is 3. The molecule has 0 heterocycles. The first-order chi connectivity index (χ1) is 9.11. The lowest BCUT2D eigenvalue weighted by molar-refractivity contribution is 0.102. The minimum atomic E-state index is -0.451. The highest BCUT2D eigenvalue weighted by molar-refractivity contribution is 6.07. The smallest absolute Gasteiger partial charge is 0.259 e. The van der Waals surface area contributed by atoms with Crippen LogP contribution >= 0.6 is 0 Å². The molecule has 0 saturated carbocycles. The number of nitrogens with one attached hydrogen (secondary N) is 1. The summed E-state index contributed by atoms with van der Waals surface area (Å²) >= 11 is 0. The number of ether oxygens (including phenoxy) is 1. The number of hydrogen-bond donors (Lipinski definition) is 2. The van der Waals surface area contributed by atoms with E-state index >= 15 is 0 Å². The summed E-state index contributed by atoms with van der Waals surface area (Å²) in [6.07, 6.45) is 0. The minimum Gasteiger partial charge on any atom is -0.496 e. The fourth-order valence-electron chi connectivity index (χ4n) is 1.67. The SMILES string of the molecule is COc1ccccc1C(=O)Nc1ccc(F)cc1N. The number of benzene rings is 2. The van der Waals surface area contributed by atoms with E-state index in [9.17, 15) is 9.18 Å². The normalized spacial score (nSPS) is 10.0. The zero-order valence-electron chi connectivity index (χ0n) is 10.3. The number of methoxy groups -OCH3 is 1. The van der Waals surface area contributed by atoms with E-state index in [1.165, 1.54) is 19.2 Å². The van der Waals surface area contributed by atoms with Crippen molar-refractivity contribution < 1.29 is 13.9 Å².